The van der Waals surface area contributed by atoms with Gasteiger partial charge in [-0.2, -0.15) is 0 Å². The van der Waals surface area contributed by atoms with E-state index in [1.54, 1.807) is 6.92 Å². The van der Waals surface area contributed by atoms with Crippen molar-refractivity contribution in [1.82, 2.24) is 0 Å². The van der Waals surface area contributed by atoms with Crippen LogP contribution in [0.1, 0.15) is 12.0 Å². The molecule has 1 aliphatic heterocycles. The molecule has 1 saturated heterocycles. The lowest BCUT2D eigenvalue weighted by Gasteiger charge is -2.19. The van der Waals surface area contributed by atoms with Crippen molar-refractivity contribution in [3.05, 3.63) is 28.5 Å². The number of rotatable bonds is 2. The third-order valence-corrected chi connectivity index (χ3v) is 3.53. The molecule has 18 heavy (non-hydrogen) atoms. The van der Waals surface area contributed by atoms with Crippen LogP contribution in [0, 0.1) is 18.7 Å². The topological polar surface area (TPSA) is 63.4 Å². The number of hydrogen-bond donors (Lipinski definition) is 1. The predicted octanol–water partition coefficient (Wildman–Crippen LogP) is 1.63. The predicted molar refractivity (Wildman–Crippen MR) is 65.8 cm³/mol. The minimum absolute atomic E-state index is 0.000948. The van der Waals surface area contributed by atoms with Crippen molar-refractivity contribution < 1.29 is 14.0 Å². The lowest BCUT2D eigenvalue weighted by atomic mass is 10.1. The number of aryl methyl sites for hydroxylation is 1. The third kappa shape index (κ3) is 2.06. The summed E-state index contributed by atoms with van der Waals surface area (Å²) in [6, 6.07) is 2.79. The van der Waals surface area contributed by atoms with E-state index in [-0.39, 0.29) is 29.6 Å². The van der Waals surface area contributed by atoms with E-state index < -0.39 is 17.6 Å². The fraction of sp³-hybridized carbons (Fsp3) is 0.333. The Morgan fingerprint density at radius 3 is 2.78 bits per heavy atom. The Labute approximate surface area is 109 Å². The molecule has 1 unspecified atom stereocenters. The Morgan fingerprint density at radius 1 is 1.56 bits per heavy atom. The first-order valence-electron chi connectivity index (χ1n) is 5.46. The normalized spacial score (nSPS) is 19.4. The highest BCUT2D eigenvalue weighted by molar-refractivity contribution is 6.34. The summed E-state index contributed by atoms with van der Waals surface area (Å²) in [5.41, 5.74) is 5.86. The minimum atomic E-state index is -0.589. The van der Waals surface area contributed by atoms with Crippen LogP contribution in [-0.4, -0.2) is 18.4 Å². The molecule has 1 atom stereocenters. The fourth-order valence-corrected chi connectivity index (χ4v) is 2.26. The van der Waals surface area contributed by atoms with Crippen molar-refractivity contribution in [3.8, 4) is 0 Å². The molecule has 2 N–H and O–H groups in total. The number of halogens is 2. The lowest BCUT2D eigenvalue weighted by Crippen LogP contribution is -2.29. The number of anilines is 1. The maximum atomic E-state index is 13.8. The van der Waals surface area contributed by atoms with Crippen LogP contribution in [0.5, 0.6) is 0 Å². The molecule has 6 heteroatoms. The van der Waals surface area contributed by atoms with Crippen LogP contribution in [-0.2, 0) is 9.59 Å². The number of amides is 2. The van der Waals surface area contributed by atoms with Gasteiger partial charge in [0.2, 0.25) is 11.8 Å². The average molecular weight is 271 g/mol. The molecule has 0 radical (unpaired) electrons. The molecule has 2 amide bonds. The van der Waals surface area contributed by atoms with Gasteiger partial charge < -0.3 is 10.6 Å². The van der Waals surface area contributed by atoms with Gasteiger partial charge in [-0.3, -0.25) is 9.59 Å². The van der Waals surface area contributed by atoms with E-state index in [0.29, 0.717) is 5.56 Å². The van der Waals surface area contributed by atoms with Crippen molar-refractivity contribution in [3.63, 3.8) is 0 Å². The maximum Gasteiger partial charge on any atom is 0.228 e. The first-order chi connectivity index (χ1) is 8.41. The molecule has 1 aromatic carbocycles. The van der Waals surface area contributed by atoms with E-state index in [2.05, 4.69) is 0 Å². The van der Waals surface area contributed by atoms with Gasteiger partial charge in [-0.1, -0.05) is 17.7 Å². The van der Waals surface area contributed by atoms with Crippen molar-refractivity contribution in [1.29, 1.82) is 0 Å². The third-order valence-electron chi connectivity index (χ3n) is 3.06. The van der Waals surface area contributed by atoms with Crippen molar-refractivity contribution >= 4 is 29.1 Å². The first-order valence-corrected chi connectivity index (χ1v) is 5.84. The van der Waals surface area contributed by atoms with Crippen molar-refractivity contribution in [2.45, 2.75) is 13.3 Å². The zero-order valence-electron chi connectivity index (χ0n) is 9.74. The molecular weight excluding hydrogens is 259 g/mol. The fourth-order valence-electron chi connectivity index (χ4n) is 2.00. The second kappa shape index (κ2) is 4.57. The molecule has 1 aliphatic rings. The van der Waals surface area contributed by atoms with Crippen LogP contribution >= 0.6 is 11.6 Å². The molecule has 96 valence electrons. The molecule has 2 rings (SSSR count). The van der Waals surface area contributed by atoms with E-state index in [9.17, 15) is 14.0 Å². The van der Waals surface area contributed by atoms with Crippen LogP contribution in [0.2, 0.25) is 5.02 Å². The maximum absolute atomic E-state index is 13.8. The van der Waals surface area contributed by atoms with E-state index >= 15 is 0 Å². The van der Waals surface area contributed by atoms with Crippen LogP contribution < -0.4 is 10.6 Å². The number of primary amides is 1. The van der Waals surface area contributed by atoms with Gasteiger partial charge in [0.1, 0.15) is 5.82 Å². The molecule has 1 aromatic rings. The van der Waals surface area contributed by atoms with Gasteiger partial charge in [-0.15, -0.1) is 0 Å². The highest BCUT2D eigenvalue weighted by Gasteiger charge is 2.36. The second-order valence-corrected chi connectivity index (χ2v) is 4.71. The number of benzene rings is 1. The molecule has 1 fully saturated rings. The lowest BCUT2D eigenvalue weighted by molar-refractivity contribution is -0.123. The molecule has 1 heterocycles. The molecule has 0 aliphatic carbocycles. The van der Waals surface area contributed by atoms with Gasteiger partial charge in [0.15, 0.2) is 0 Å². The van der Waals surface area contributed by atoms with Crippen molar-refractivity contribution in [2.75, 3.05) is 11.4 Å². The summed E-state index contributed by atoms with van der Waals surface area (Å²) in [5, 5.41) is 0.188. The van der Waals surface area contributed by atoms with Gasteiger partial charge in [-0.25, -0.2) is 4.39 Å². The van der Waals surface area contributed by atoms with E-state index in [0.717, 1.165) is 0 Å². The van der Waals surface area contributed by atoms with E-state index in [1.165, 1.54) is 17.0 Å². The summed E-state index contributed by atoms with van der Waals surface area (Å²) in [6.45, 7) is 1.80. The minimum Gasteiger partial charge on any atom is -0.369 e. The van der Waals surface area contributed by atoms with Crippen molar-refractivity contribution in [2.24, 2.45) is 11.7 Å². The van der Waals surface area contributed by atoms with Crippen LogP contribution in [0.4, 0.5) is 10.1 Å². The number of hydrogen-bond acceptors (Lipinski definition) is 2. The number of carbonyl (C=O) groups excluding carboxylic acids is 2. The first kappa shape index (κ1) is 12.8. The Hall–Kier alpha value is -1.62. The highest BCUT2D eigenvalue weighted by atomic mass is 35.5. The van der Waals surface area contributed by atoms with Crippen LogP contribution in [0.3, 0.4) is 0 Å². The summed E-state index contributed by atoms with van der Waals surface area (Å²) in [4.78, 5) is 24.1. The number of nitrogens with zero attached hydrogens (tertiary/aromatic N) is 1. The largest absolute Gasteiger partial charge is 0.369 e. The summed E-state index contributed by atoms with van der Waals surface area (Å²) in [5.74, 6) is -2.07. The number of nitrogens with two attached hydrogens (primary N) is 1. The Morgan fingerprint density at radius 2 is 2.22 bits per heavy atom. The average Bonchev–Trinajstić information content (AvgIpc) is 2.67. The second-order valence-electron chi connectivity index (χ2n) is 4.33. The summed E-state index contributed by atoms with van der Waals surface area (Å²) in [7, 11) is 0. The van der Waals surface area contributed by atoms with E-state index in [1.807, 2.05) is 0 Å². The SMILES string of the molecule is Cc1ccc(F)c(N2CC(C(N)=O)CC2=O)c1Cl. The van der Waals surface area contributed by atoms with Gasteiger partial charge in [0, 0.05) is 13.0 Å². The summed E-state index contributed by atoms with van der Waals surface area (Å²) in [6.07, 6.45) is -0.000948. The molecule has 0 bridgehead atoms. The van der Waals surface area contributed by atoms with Gasteiger partial charge in [0.05, 0.1) is 16.6 Å². The Kier molecular flexibility index (Phi) is 3.26. The van der Waals surface area contributed by atoms with E-state index in [4.69, 9.17) is 17.3 Å². The van der Waals surface area contributed by atoms with Gasteiger partial charge in [-0.05, 0) is 18.6 Å². The quantitative estimate of drug-likeness (QED) is 0.888. The standard InChI is InChI=1S/C12H12ClFN2O2/c1-6-2-3-8(14)11(10(6)13)16-5-7(12(15)18)4-9(16)17/h2-3,7H,4-5H2,1H3,(H2,15,18). The number of carbonyl (C=O) groups is 2. The van der Waals surface area contributed by atoms with Crippen LogP contribution in [0.15, 0.2) is 12.1 Å². The molecule has 0 spiro atoms. The zero-order chi connectivity index (χ0) is 13.4. The Bertz CT molecular complexity index is 533. The van der Waals surface area contributed by atoms with Gasteiger partial charge >= 0.3 is 0 Å². The monoisotopic (exact) mass is 270 g/mol. The van der Waals surface area contributed by atoms with Crippen LogP contribution in [0.25, 0.3) is 0 Å². The highest BCUT2D eigenvalue weighted by Crippen LogP contribution is 2.35. The zero-order valence-corrected chi connectivity index (χ0v) is 10.5. The molecule has 0 saturated carbocycles. The Balaban J connectivity index is 2.41. The summed E-state index contributed by atoms with van der Waals surface area (Å²) < 4.78 is 13.8. The van der Waals surface area contributed by atoms with Gasteiger partial charge in [0.25, 0.3) is 0 Å². The molecule has 4 nitrogen and oxygen atoms in total. The molecular formula is C12H12ClFN2O2. The molecule has 0 aromatic heterocycles. The smallest absolute Gasteiger partial charge is 0.228 e. The summed E-state index contributed by atoms with van der Waals surface area (Å²) >= 11 is 6.02.